The molecule has 0 unspecified atom stereocenters. The third-order valence-electron chi connectivity index (χ3n) is 1.58. The minimum Gasteiger partial charge on any atom is -0.0717 e. The highest BCUT2D eigenvalue weighted by Crippen LogP contribution is 1.97. The van der Waals surface area contributed by atoms with E-state index in [2.05, 4.69) is 50.0 Å². The lowest BCUT2D eigenvalue weighted by molar-refractivity contribution is 1.76. The molecule has 0 aliphatic heterocycles. The number of hydrogen-bond acceptors (Lipinski definition) is 0. The molecular formula is C9H16Si2. The molecule has 11 heavy (non-hydrogen) atoms. The summed E-state index contributed by atoms with van der Waals surface area (Å²) in [5, 5.41) is 1.63. The summed E-state index contributed by atoms with van der Waals surface area (Å²) in [5.41, 5.74) is 0. The van der Waals surface area contributed by atoms with E-state index in [0.717, 1.165) is 0 Å². The van der Waals surface area contributed by atoms with E-state index < -0.39 is 7.59 Å². The van der Waals surface area contributed by atoms with Crippen LogP contribution in [0.3, 0.4) is 0 Å². The van der Waals surface area contributed by atoms with Crippen molar-refractivity contribution in [2.45, 2.75) is 19.6 Å². The first-order valence-corrected chi connectivity index (χ1v) is 10.7. The van der Waals surface area contributed by atoms with E-state index in [0.29, 0.717) is 0 Å². The van der Waals surface area contributed by atoms with Gasteiger partial charge in [-0.15, -0.1) is 0 Å². The van der Waals surface area contributed by atoms with Crippen molar-refractivity contribution in [1.29, 1.82) is 0 Å². The fourth-order valence-electron chi connectivity index (χ4n) is 1.21. The van der Waals surface area contributed by atoms with Crippen LogP contribution < -0.4 is 5.19 Å². The molecule has 1 aromatic rings. The molecular weight excluding hydrogens is 164 g/mol. The molecule has 0 atom stereocenters. The summed E-state index contributed by atoms with van der Waals surface area (Å²) >= 11 is 0. The average molecular weight is 180 g/mol. The second-order valence-corrected chi connectivity index (χ2v) is 17.9. The van der Waals surface area contributed by atoms with E-state index in [1.165, 1.54) is 0 Å². The van der Waals surface area contributed by atoms with Crippen LogP contribution in [-0.4, -0.2) is 16.6 Å². The van der Waals surface area contributed by atoms with Crippen molar-refractivity contribution in [2.75, 3.05) is 0 Å². The molecule has 1 rings (SSSR count). The molecule has 0 amide bonds. The topological polar surface area (TPSA) is 0 Å². The van der Waals surface area contributed by atoms with Crippen molar-refractivity contribution in [1.82, 2.24) is 0 Å². The summed E-state index contributed by atoms with van der Waals surface area (Å²) in [6.07, 6.45) is 0. The van der Waals surface area contributed by atoms with Gasteiger partial charge in [0, 0.05) is 16.6 Å². The molecule has 0 nitrogen and oxygen atoms in total. The van der Waals surface area contributed by atoms with Crippen LogP contribution in [0.5, 0.6) is 0 Å². The van der Waals surface area contributed by atoms with Gasteiger partial charge >= 0.3 is 0 Å². The maximum atomic E-state index is 2.46. The summed E-state index contributed by atoms with van der Waals surface area (Å²) in [4.78, 5) is 0. The molecule has 0 saturated carbocycles. The molecule has 0 spiro atoms. The maximum Gasteiger partial charge on any atom is 0.0491 e. The zero-order valence-corrected chi connectivity index (χ0v) is 10.0. The molecule has 0 N–H and O–H groups in total. The van der Waals surface area contributed by atoms with Crippen LogP contribution in [0.1, 0.15) is 0 Å². The Balaban J connectivity index is 2.66. The van der Waals surface area contributed by atoms with Gasteiger partial charge in [-0.1, -0.05) is 55.2 Å². The van der Waals surface area contributed by atoms with Crippen LogP contribution in [0.25, 0.3) is 0 Å². The Labute approximate surface area is 72.3 Å². The Morgan fingerprint density at radius 1 is 1.00 bits per heavy atom. The van der Waals surface area contributed by atoms with E-state index in [-0.39, 0.29) is 9.04 Å². The first kappa shape index (κ1) is 8.75. The summed E-state index contributed by atoms with van der Waals surface area (Å²) in [7, 11) is -0.693. The average Bonchev–Trinajstić information content (AvgIpc) is 1.85. The Kier molecular flexibility index (Phi) is 2.68. The van der Waals surface area contributed by atoms with E-state index in [1.54, 1.807) is 5.19 Å². The molecule has 1 aromatic carbocycles. The zero-order chi connectivity index (χ0) is 8.32. The van der Waals surface area contributed by atoms with Gasteiger partial charge in [0.25, 0.3) is 0 Å². The van der Waals surface area contributed by atoms with Gasteiger partial charge in [0.15, 0.2) is 0 Å². The molecule has 0 heterocycles. The van der Waals surface area contributed by atoms with Gasteiger partial charge in [-0.3, -0.25) is 0 Å². The van der Waals surface area contributed by atoms with Crippen LogP contribution in [-0.2, 0) is 0 Å². The lowest BCUT2D eigenvalue weighted by atomic mass is 10.4. The predicted molar refractivity (Wildman–Crippen MR) is 58.0 cm³/mol. The molecule has 0 fully saturated rings. The van der Waals surface area contributed by atoms with Gasteiger partial charge in [-0.2, -0.15) is 0 Å². The lowest BCUT2D eigenvalue weighted by Gasteiger charge is -2.14. The smallest absolute Gasteiger partial charge is 0.0491 e. The fraction of sp³-hybridized carbons (Fsp3) is 0.333. The highest BCUT2D eigenvalue weighted by molar-refractivity contribution is 7.27. The van der Waals surface area contributed by atoms with Gasteiger partial charge in [-0.05, 0) is 0 Å². The SMILES string of the molecule is C[Si](C)(C)[SiH2]c1ccccc1. The Bertz CT molecular complexity index is 211. The second kappa shape index (κ2) is 3.37. The zero-order valence-electron chi connectivity index (χ0n) is 7.59. The largest absolute Gasteiger partial charge is 0.0717 e. The van der Waals surface area contributed by atoms with Gasteiger partial charge in [-0.25, -0.2) is 0 Å². The van der Waals surface area contributed by atoms with Crippen molar-refractivity contribution >= 4 is 21.8 Å². The van der Waals surface area contributed by atoms with Gasteiger partial charge in [0.1, 0.15) is 0 Å². The van der Waals surface area contributed by atoms with E-state index in [9.17, 15) is 0 Å². The summed E-state index contributed by atoms with van der Waals surface area (Å²) in [6, 6.07) is 11.0. The molecule has 0 saturated heterocycles. The fourth-order valence-corrected chi connectivity index (χ4v) is 7.32. The van der Waals surface area contributed by atoms with Crippen molar-refractivity contribution in [3.63, 3.8) is 0 Å². The van der Waals surface area contributed by atoms with Crippen molar-refractivity contribution in [3.8, 4) is 0 Å². The van der Waals surface area contributed by atoms with E-state index >= 15 is 0 Å². The molecule has 2 heteroatoms. The Hall–Kier alpha value is -0.346. The molecule has 0 aromatic heterocycles. The first-order valence-electron chi connectivity index (χ1n) is 4.12. The lowest BCUT2D eigenvalue weighted by Crippen LogP contribution is -2.38. The quantitative estimate of drug-likeness (QED) is 0.602. The molecule has 0 bridgehead atoms. The van der Waals surface area contributed by atoms with Gasteiger partial charge < -0.3 is 0 Å². The standard InChI is InChI=1S/C9H16Si2/c1-11(2,3)10-9-7-5-4-6-8-9/h4-8H,10H2,1-3H3. The van der Waals surface area contributed by atoms with Crippen molar-refractivity contribution in [3.05, 3.63) is 30.3 Å². The Morgan fingerprint density at radius 2 is 1.55 bits per heavy atom. The van der Waals surface area contributed by atoms with Crippen molar-refractivity contribution in [2.24, 2.45) is 0 Å². The maximum absolute atomic E-state index is 2.46. The minimum absolute atomic E-state index is 0.0658. The summed E-state index contributed by atoms with van der Waals surface area (Å²) < 4.78 is 0. The van der Waals surface area contributed by atoms with Crippen LogP contribution in [0, 0.1) is 0 Å². The highest BCUT2D eigenvalue weighted by atomic mass is 29.2. The molecule has 0 aliphatic rings. The Morgan fingerprint density at radius 3 is 2.00 bits per heavy atom. The molecule has 0 radical (unpaired) electrons. The van der Waals surface area contributed by atoms with Gasteiger partial charge in [0.05, 0.1) is 0 Å². The van der Waals surface area contributed by atoms with E-state index in [1.807, 2.05) is 0 Å². The number of hydrogen-bond donors (Lipinski definition) is 0. The van der Waals surface area contributed by atoms with Gasteiger partial charge in [0.2, 0.25) is 0 Å². The van der Waals surface area contributed by atoms with Crippen LogP contribution >= 0.6 is 0 Å². The molecule has 60 valence electrons. The van der Waals surface area contributed by atoms with E-state index in [4.69, 9.17) is 0 Å². The predicted octanol–water partition coefficient (Wildman–Crippen LogP) is 1.32. The molecule has 0 aliphatic carbocycles. The number of rotatable bonds is 2. The third-order valence-corrected chi connectivity index (χ3v) is 7.92. The normalized spacial score (nSPS) is 12.6. The number of benzene rings is 1. The monoisotopic (exact) mass is 180 g/mol. The second-order valence-electron chi connectivity index (χ2n) is 4.22. The van der Waals surface area contributed by atoms with Crippen LogP contribution in [0.15, 0.2) is 30.3 Å². The van der Waals surface area contributed by atoms with Crippen LogP contribution in [0.4, 0.5) is 0 Å². The highest BCUT2D eigenvalue weighted by Gasteiger charge is 2.13. The summed E-state index contributed by atoms with van der Waals surface area (Å²) in [5.74, 6) is 0. The first-order chi connectivity index (χ1) is 5.08. The van der Waals surface area contributed by atoms with Crippen LogP contribution in [0.2, 0.25) is 19.6 Å². The minimum atomic E-state index is -0.759. The van der Waals surface area contributed by atoms with Crippen molar-refractivity contribution < 1.29 is 0 Å². The summed E-state index contributed by atoms with van der Waals surface area (Å²) in [6.45, 7) is 7.39. The third kappa shape index (κ3) is 3.53.